The van der Waals surface area contributed by atoms with Crippen LogP contribution in [-0.2, 0) is 4.79 Å². The van der Waals surface area contributed by atoms with Crippen molar-refractivity contribution in [3.05, 3.63) is 0 Å². The SMILES string of the molecule is O=C(C#CCCO)NCCO. The molecule has 0 saturated carbocycles. The largest absolute Gasteiger partial charge is 0.395 e. The van der Waals surface area contributed by atoms with Gasteiger partial charge in [0.1, 0.15) is 0 Å². The molecule has 0 rings (SSSR count). The highest BCUT2D eigenvalue weighted by atomic mass is 16.3. The van der Waals surface area contributed by atoms with Crippen molar-refractivity contribution in [1.82, 2.24) is 5.32 Å². The van der Waals surface area contributed by atoms with Crippen LogP contribution < -0.4 is 5.32 Å². The van der Waals surface area contributed by atoms with Gasteiger partial charge in [-0.25, -0.2) is 0 Å². The molecule has 0 spiro atoms. The van der Waals surface area contributed by atoms with Crippen molar-refractivity contribution in [3.8, 4) is 11.8 Å². The van der Waals surface area contributed by atoms with Gasteiger partial charge in [-0.1, -0.05) is 5.92 Å². The highest BCUT2D eigenvalue weighted by Crippen LogP contribution is 1.69. The number of carbonyl (C=O) groups is 1. The quantitative estimate of drug-likeness (QED) is 0.436. The molecule has 0 aromatic heterocycles. The van der Waals surface area contributed by atoms with Gasteiger partial charge in [0.05, 0.1) is 13.2 Å². The predicted molar refractivity (Wildman–Crippen MR) is 39.6 cm³/mol. The molecule has 0 fully saturated rings. The predicted octanol–water partition coefficient (Wildman–Crippen LogP) is -1.52. The average Bonchev–Trinajstić information content (AvgIpc) is 2.01. The molecule has 0 aliphatic heterocycles. The minimum Gasteiger partial charge on any atom is -0.395 e. The normalized spacial score (nSPS) is 8.18. The third-order valence-corrected chi connectivity index (χ3v) is 0.836. The Hall–Kier alpha value is -1.05. The van der Waals surface area contributed by atoms with Gasteiger partial charge in [0.2, 0.25) is 0 Å². The average molecular weight is 157 g/mol. The standard InChI is InChI=1S/C7H11NO3/c9-5-2-1-3-7(11)8-4-6-10/h9-10H,2,4-6H2,(H,8,11). The molecule has 0 aliphatic carbocycles. The van der Waals surface area contributed by atoms with Crippen LogP contribution in [0.25, 0.3) is 0 Å². The lowest BCUT2D eigenvalue weighted by atomic mass is 10.4. The van der Waals surface area contributed by atoms with E-state index in [0.717, 1.165) is 0 Å². The minimum atomic E-state index is -0.424. The van der Waals surface area contributed by atoms with E-state index in [1.165, 1.54) is 0 Å². The molecule has 4 heteroatoms. The van der Waals surface area contributed by atoms with E-state index >= 15 is 0 Å². The zero-order valence-electron chi connectivity index (χ0n) is 6.13. The van der Waals surface area contributed by atoms with E-state index in [1.807, 2.05) is 0 Å². The van der Waals surface area contributed by atoms with Gasteiger partial charge in [-0.2, -0.15) is 0 Å². The number of rotatable bonds is 3. The van der Waals surface area contributed by atoms with E-state index in [2.05, 4.69) is 17.2 Å². The number of amides is 1. The van der Waals surface area contributed by atoms with E-state index < -0.39 is 5.91 Å². The lowest BCUT2D eigenvalue weighted by molar-refractivity contribution is -0.115. The lowest BCUT2D eigenvalue weighted by Gasteiger charge is -1.93. The van der Waals surface area contributed by atoms with Gasteiger partial charge in [0.15, 0.2) is 0 Å². The van der Waals surface area contributed by atoms with Crippen LogP contribution in [-0.4, -0.2) is 35.9 Å². The van der Waals surface area contributed by atoms with Gasteiger partial charge < -0.3 is 15.5 Å². The molecular formula is C7H11NO3. The summed E-state index contributed by atoms with van der Waals surface area (Å²) in [7, 11) is 0. The van der Waals surface area contributed by atoms with Crippen LogP contribution in [0.15, 0.2) is 0 Å². The summed E-state index contributed by atoms with van der Waals surface area (Å²) in [4.78, 5) is 10.6. The summed E-state index contributed by atoms with van der Waals surface area (Å²) < 4.78 is 0. The summed E-state index contributed by atoms with van der Waals surface area (Å²) in [6, 6.07) is 0. The maximum Gasteiger partial charge on any atom is 0.295 e. The van der Waals surface area contributed by atoms with E-state index in [-0.39, 0.29) is 19.8 Å². The summed E-state index contributed by atoms with van der Waals surface area (Å²) in [5, 5.41) is 18.9. The van der Waals surface area contributed by atoms with E-state index in [0.29, 0.717) is 6.42 Å². The number of hydrogen-bond donors (Lipinski definition) is 3. The van der Waals surface area contributed by atoms with Gasteiger partial charge in [0.25, 0.3) is 5.91 Å². The second-order valence-electron chi connectivity index (χ2n) is 1.75. The smallest absolute Gasteiger partial charge is 0.295 e. The number of carbonyl (C=O) groups excluding carboxylic acids is 1. The summed E-state index contributed by atoms with van der Waals surface area (Å²) in [5.41, 5.74) is 0. The second-order valence-corrected chi connectivity index (χ2v) is 1.75. The monoisotopic (exact) mass is 157 g/mol. The van der Waals surface area contributed by atoms with Crippen molar-refractivity contribution in [2.45, 2.75) is 6.42 Å². The number of hydrogen-bond acceptors (Lipinski definition) is 3. The Kier molecular flexibility index (Phi) is 6.39. The Bertz CT molecular complexity index is 168. The van der Waals surface area contributed by atoms with E-state index in [1.54, 1.807) is 0 Å². The second kappa shape index (κ2) is 7.06. The fourth-order valence-corrected chi connectivity index (χ4v) is 0.412. The molecule has 0 aliphatic rings. The highest BCUT2D eigenvalue weighted by molar-refractivity contribution is 5.93. The molecule has 4 nitrogen and oxygen atoms in total. The fraction of sp³-hybridized carbons (Fsp3) is 0.571. The first-order chi connectivity index (χ1) is 5.31. The van der Waals surface area contributed by atoms with Crippen molar-refractivity contribution in [2.24, 2.45) is 0 Å². The summed E-state index contributed by atoms with van der Waals surface area (Å²) in [6.07, 6.45) is 0.298. The maximum absolute atomic E-state index is 10.6. The third-order valence-electron chi connectivity index (χ3n) is 0.836. The fourth-order valence-electron chi connectivity index (χ4n) is 0.412. The van der Waals surface area contributed by atoms with Crippen LogP contribution in [0, 0.1) is 11.8 Å². The maximum atomic E-state index is 10.6. The lowest BCUT2D eigenvalue weighted by Crippen LogP contribution is -2.24. The minimum absolute atomic E-state index is 0.0414. The molecule has 0 aromatic rings. The Morgan fingerprint density at radius 3 is 2.64 bits per heavy atom. The van der Waals surface area contributed by atoms with Crippen LogP contribution in [0.5, 0.6) is 0 Å². The van der Waals surface area contributed by atoms with Gasteiger partial charge in [-0.3, -0.25) is 4.79 Å². The van der Waals surface area contributed by atoms with Gasteiger partial charge >= 0.3 is 0 Å². The topological polar surface area (TPSA) is 69.6 Å². The highest BCUT2D eigenvalue weighted by Gasteiger charge is 1.90. The molecule has 11 heavy (non-hydrogen) atoms. The summed E-state index contributed by atoms with van der Waals surface area (Å²) >= 11 is 0. The van der Waals surface area contributed by atoms with E-state index in [9.17, 15) is 4.79 Å². The first-order valence-electron chi connectivity index (χ1n) is 3.29. The molecule has 0 unspecified atom stereocenters. The molecule has 0 bridgehead atoms. The molecule has 0 saturated heterocycles. The number of aliphatic hydroxyl groups is 2. The zero-order valence-corrected chi connectivity index (χ0v) is 6.13. The van der Waals surface area contributed by atoms with Gasteiger partial charge in [-0.15, -0.1) is 0 Å². The summed E-state index contributed by atoms with van der Waals surface area (Å²) in [5.74, 6) is 4.27. The first kappa shape index (κ1) is 9.95. The Morgan fingerprint density at radius 1 is 1.36 bits per heavy atom. The van der Waals surface area contributed by atoms with Crippen molar-refractivity contribution < 1.29 is 15.0 Å². The Morgan fingerprint density at radius 2 is 2.09 bits per heavy atom. The molecule has 62 valence electrons. The molecule has 0 heterocycles. The summed E-state index contributed by atoms with van der Waals surface area (Å²) in [6.45, 7) is 0.0837. The Labute approximate surface area is 65.2 Å². The molecule has 0 aromatic carbocycles. The van der Waals surface area contributed by atoms with Gasteiger partial charge in [-0.05, 0) is 5.92 Å². The molecular weight excluding hydrogens is 146 g/mol. The number of aliphatic hydroxyl groups excluding tert-OH is 2. The Balaban J connectivity index is 3.45. The van der Waals surface area contributed by atoms with Crippen molar-refractivity contribution in [2.75, 3.05) is 19.8 Å². The third kappa shape index (κ3) is 6.84. The number of nitrogens with one attached hydrogen (secondary N) is 1. The van der Waals surface area contributed by atoms with Crippen LogP contribution in [0.1, 0.15) is 6.42 Å². The molecule has 0 atom stereocenters. The molecule has 1 amide bonds. The van der Waals surface area contributed by atoms with E-state index in [4.69, 9.17) is 10.2 Å². The van der Waals surface area contributed by atoms with Gasteiger partial charge in [0, 0.05) is 13.0 Å². The van der Waals surface area contributed by atoms with Crippen molar-refractivity contribution in [1.29, 1.82) is 0 Å². The van der Waals surface area contributed by atoms with Crippen molar-refractivity contribution in [3.63, 3.8) is 0 Å². The molecule has 3 N–H and O–H groups in total. The van der Waals surface area contributed by atoms with Crippen molar-refractivity contribution >= 4 is 5.91 Å². The first-order valence-corrected chi connectivity index (χ1v) is 3.29. The zero-order chi connectivity index (χ0) is 8.53. The van der Waals surface area contributed by atoms with Crippen LogP contribution in [0.4, 0.5) is 0 Å². The van der Waals surface area contributed by atoms with Crippen LogP contribution >= 0.6 is 0 Å². The van der Waals surface area contributed by atoms with Crippen LogP contribution in [0.2, 0.25) is 0 Å². The molecule has 0 radical (unpaired) electrons. The van der Waals surface area contributed by atoms with Crippen LogP contribution in [0.3, 0.4) is 0 Å².